The van der Waals surface area contributed by atoms with Crippen molar-refractivity contribution in [1.82, 2.24) is 5.32 Å². The summed E-state index contributed by atoms with van der Waals surface area (Å²) in [5.74, 6) is -2.32. The number of anilines is 1. The maximum absolute atomic E-state index is 13.6. The third-order valence-corrected chi connectivity index (χ3v) is 4.63. The number of hydrogen-bond acceptors (Lipinski definition) is 2. The van der Waals surface area contributed by atoms with Gasteiger partial charge in [-0.2, -0.15) is 0 Å². The Morgan fingerprint density at radius 1 is 1.16 bits per heavy atom. The summed E-state index contributed by atoms with van der Waals surface area (Å²) in [5, 5.41) is 2.78. The molecule has 1 aromatic rings. The summed E-state index contributed by atoms with van der Waals surface area (Å²) in [6.07, 6.45) is 0. The van der Waals surface area contributed by atoms with Crippen molar-refractivity contribution in [1.29, 1.82) is 0 Å². The first-order chi connectivity index (χ1) is 8.59. The van der Waals surface area contributed by atoms with Crippen molar-refractivity contribution < 1.29 is 13.6 Å². The topological polar surface area (TPSA) is 55.1 Å². The molecule has 0 bridgehead atoms. The quantitative estimate of drug-likeness (QED) is 0.810. The van der Waals surface area contributed by atoms with Gasteiger partial charge in [-0.3, -0.25) is 4.79 Å². The minimum absolute atomic E-state index is 0.0434. The van der Waals surface area contributed by atoms with Gasteiger partial charge in [0, 0.05) is 12.1 Å². The summed E-state index contributed by atoms with van der Waals surface area (Å²) < 4.78 is 26.6. The van der Waals surface area contributed by atoms with E-state index in [4.69, 9.17) is 5.73 Å². The normalized spacial score (nSPS) is 20.1. The van der Waals surface area contributed by atoms with Gasteiger partial charge in [0.2, 0.25) is 0 Å². The van der Waals surface area contributed by atoms with E-state index in [0.29, 0.717) is 6.07 Å². The number of rotatable bonds is 2. The van der Waals surface area contributed by atoms with Crippen LogP contribution in [0.5, 0.6) is 0 Å². The molecule has 19 heavy (non-hydrogen) atoms. The third-order valence-electron chi connectivity index (χ3n) is 4.63. The maximum atomic E-state index is 13.6. The standard InChI is InChI=1S/C14H18F2N2O/c1-13(2)12(14(13,3)4)18-11(19)7-5-10(17)9(16)6-8(7)15/h5-6,12H,17H2,1-4H3,(H,18,19). The SMILES string of the molecule is CC1(C)C(NC(=O)c2cc(N)c(F)cc2F)C1(C)C. The lowest BCUT2D eigenvalue weighted by Crippen LogP contribution is -2.30. The van der Waals surface area contributed by atoms with Crippen LogP contribution in [0.1, 0.15) is 38.1 Å². The van der Waals surface area contributed by atoms with E-state index in [1.807, 2.05) is 27.7 Å². The number of halogens is 2. The predicted octanol–water partition coefficient (Wildman–Crippen LogP) is 2.71. The lowest BCUT2D eigenvalue weighted by atomic mass is 10.0. The molecule has 2 rings (SSSR count). The molecule has 0 unspecified atom stereocenters. The van der Waals surface area contributed by atoms with Gasteiger partial charge in [0.1, 0.15) is 11.6 Å². The monoisotopic (exact) mass is 268 g/mol. The highest BCUT2D eigenvalue weighted by Gasteiger charge is 2.65. The Kier molecular flexibility index (Phi) is 2.84. The first-order valence-corrected chi connectivity index (χ1v) is 6.14. The lowest BCUT2D eigenvalue weighted by molar-refractivity contribution is 0.0939. The van der Waals surface area contributed by atoms with Crippen LogP contribution >= 0.6 is 0 Å². The van der Waals surface area contributed by atoms with Crippen LogP contribution in [-0.2, 0) is 0 Å². The zero-order valence-corrected chi connectivity index (χ0v) is 11.5. The van der Waals surface area contributed by atoms with Crippen LogP contribution < -0.4 is 11.1 Å². The summed E-state index contributed by atoms with van der Waals surface area (Å²) in [6, 6.07) is 1.62. The molecule has 1 aromatic carbocycles. The molecule has 0 atom stereocenters. The van der Waals surface area contributed by atoms with Gasteiger partial charge in [-0.1, -0.05) is 27.7 Å². The summed E-state index contributed by atoms with van der Waals surface area (Å²) >= 11 is 0. The molecule has 104 valence electrons. The number of hydrogen-bond donors (Lipinski definition) is 2. The molecule has 1 aliphatic rings. The van der Waals surface area contributed by atoms with Gasteiger partial charge in [-0.15, -0.1) is 0 Å². The first-order valence-electron chi connectivity index (χ1n) is 6.14. The Bertz CT molecular complexity index is 539. The summed E-state index contributed by atoms with van der Waals surface area (Å²) in [5.41, 5.74) is 4.80. The molecule has 1 fully saturated rings. The zero-order chi connectivity index (χ0) is 14.6. The van der Waals surface area contributed by atoms with Gasteiger partial charge in [0.25, 0.3) is 5.91 Å². The fourth-order valence-electron chi connectivity index (χ4n) is 2.51. The third kappa shape index (κ3) is 1.97. The Hall–Kier alpha value is -1.65. The average Bonchev–Trinajstić information content (AvgIpc) is 2.66. The molecule has 1 saturated carbocycles. The van der Waals surface area contributed by atoms with Gasteiger partial charge in [-0.25, -0.2) is 8.78 Å². The summed E-state index contributed by atoms with van der Waals surface area (Å²) in [7, 11) is 0. The zero-order valence-electron chi connectivity index (χ0n) is 11.5. The van der Waals surface area contributed by atoms with Crippen molar-refractivity contribution >= 4 is 11.6 Å². The maximum Gasteiger partial charge on any atom is 0.254 e. The predicted molar refractivity (Wildman–Crippen MR) is 69.6 cm³/mol. The van der Waals surface area contributed by atoms with Crippen molar-refractivity contribution in [2.75, 3.05) is 5.73 Å². The summed E-state index contributed by atoms with van der Waals surface area (Å²) in [4.78, 5) is 12.0. The van der Waals surface area contributed by atoms with Crippen molar-refractivity contribution in [3.8, 4) is 0 Å². The smallest absolute Gasteiger partial charge is 0.254 e. The second-order valence-electron chi connectivity index (χ2n) is 6.20. The molecule has 0 aromatic heterocycles. The molecule has 0 saturated heterocycles. The van der Waals surface area contributed by atoms with Crippen LogP contribution in [-0.4, -0.2) is 11.9 Å². The van der Waals surface area contributed by atoms with E-state index in [-0.39, 0.29) is 28.1 Å². The second kappa shape index (κ2) is 3.92. The average molecular weight is 268 g/mol. The van der Waals surface area contributed by atoms with Crippen molar-refractivity contribution in [3.63, 3.8) is 0 Å². The van der Waals surface area contributed by atoms with E-state index in [2.05, 4.69) is 5.32 Å². The lowest BCUT2D eigenvalue weighted by Gasteiger charge is -2.09. The minimum Gasteiger partial charge on any atom is -0.396 e. The molecule has 1 amide bonds. The highest BCUT2D eigenvalue weighted by atomic mass is 19.1. The highest BCUT2D eigenvalue weighted by molar-refractivity contribution is 5.96. The molecule has 5 heteroatoms. The number of carbonyl (C=O) groups is 1. The largest absolute Gasteiger partial charge is 0.396 e. The fraction of sp³-hybridized carbons (Fsp3) is 0.500. The second-order valence-corrected chi connectivity index (χ2v) is 6.20. The molecule has 0 heterocycles. The number of carbonyl (C=O) groups excluding carboxylic acids is 1. The van der Waals surface area contributed by atoms with Crippen LogP contribution in [0.25, 0.3) is 0 Å². The number of benzene rings is 1. The van der Waals surface area contributed by atoms with Gasteiger partial charge < -0.3 is 11.1 Å². The van der Waals surface area contributed by atoms with Crippen molar-refractivity contribution in [2.45, 2.75) is 33.7 Å². The Morgan fingerprint density at radius 3 is 2.16 bits per heavy atom. The van der Waals surface area contributed by atoms with Gasteiger partial charge in [-0.05, 0) is 16.9 Å². The number of nitrogens with one attached hydrogen (secondary N) is 1. The molecule has 0 spiro atoms. The van der Waals surface area contributed by atoms with Gasteiger partial charge in [0.15, 0.2) is 0 Å². The molecule has 1 aliphatic carbocycles. The Labute approximate surface area is 111 Å². The van der Waals surface area contributed by atoms with Crippen LogP contribution in [0.15, 0.2) is 12.1 Å². The van der Waals surface area contributed by atoms with E-state index in [0.717, 1.165) is 6.07 Å². The first kappa shape index (κ1) is 13.8. The van der Waals surface area contributed by atoms with Gasteiger partial charge in [0.05, 0.1) is 11.3 Å². The minimum atomic E-state index is -0.902. The molecular weight excluding hydrogens is 250 g/mol. The fourth-order valence-corrected chi connectivity index (χ4v) is 2.51. The van der Waals surface area contributed by atoms with Crippen LogP contribution in [0.2, 0.25) is 0 Å². The highest BCUT2D eigenvalue weighted by Crippen LogP contribution is 2.62. The van der Waals surface area contributed by atoms with Crippen LogP contribution in [0, 0.1) is 22.5 Å². The number of nitrogen functional groups attached to an aromatic ring is 1. The van der Waals surface area contributed by atoms with Crippen LogP contribution in [0.4, 0.5) is 14.5 Å². The van der Waals surface area contributed by atoms with E-state index in [9.17, 15) is 13.6 Å². The molecule has 0 radical (unpaired) electrons. The van der Waals surface area contributed by atoms with Crippen LogP contribution in [0.3, 0.4) is 0 Å². The van der Waals surface area contributed by atoms with E-state index >= 15 is 0 Å². The van der Waals surface area contributed by atoms with E-state index in [1.54, 1.807) is 0 Å². The van der Waals surface area contributed by atoms with E-state index < -0.39 is 17.5 Å². The Morgan fingerprint density at radius 2 is 1.68 bits per heavy atom. The van der Waals surface area contributed by atoms with Gasteiger partial charge >= 0.3 is 0 Å². The molecule has 0 aliphatic heterocycles. The van der Waals surface area contributed by atoms with Crippen molar-refractivity contribution in [3.05, 3.63) is 29.3 Å². The number of amides is 1. The van der Waals surface area contributed by atoms with Crippen molar-refractivity contribution in [2.24, 2.45) is 10.8 Å². The number of nitrogens with two attached hydrogens (primary N) is 1. The summed E-state index contributed by atoms with van der Waals surface area (Å²) in [6.45, 7) is 8.14. The Balaban J connectivity index is 2.21. The molecule has 3 N–H and O–H groups in total. The molecule has 3 nitrogen and oxygen atoms in total. The van der Waals surface area contributed by atoms with E-state index in [1.165, 1.54) is 0 Å². The molecular formula is C14H18F2N2O.